The van der Waals surface area contributed by atoms with Crippen molar-refractivity contribution in [1.29, 1.82) is 0 Å². The molecule has 39 heavy (non-hydrogen) atoms. The van der Waals surface area contributed by atoms with E-state index in [1.54, 1.807) is 18.2 Å². The number of hydrogen-bond donors (Lipinski definition) is 3. The van der Waals surface area contributed by atoms with Gasteiger partial charge < -0.3 is 25.6 Å². The number of sulfonamides is 1. The van der Waals surface area contributed by atoms with Crippen molar-refractivity contribution in [3.05, 3.63) is 53.7 Å². The minimum Gasteiger partial charge on any atom is -0.491 e. The van der Waals surface area contributed by atoms with Crippen molar-refractivity contribution in [1.82, 2.24) is 19.2 Å². The minimum atomic E-state index is -3.69. The fraction of sp³-hybridized carbons (Fsp3) is 0.407. The maximum Gasteiger partial charge on any atom is 0.244 e. The zero-order chi connectivity index (χ0) is 28.6. The van der Waals surface area contributed by atoms with E-state index >= 15 is 0 Å². The summed E-state index contributed by atoms with van der Waals surface area (Å²) in [4.78, 5) is 11.1. The third kappa shape index (κ3) is 8.69. The first-order chi connectivity index (χ1) is 18.5. The van der Waals surface area contributed by atoms with Crippen LogP contribution in [0, 0.1) is 5.92 Å². The quantitative estimate of drug-likeness (QED) is 0.221. The largest absolute Gasteiger partial charge is 0.491 e. The van der Waals surface area contributed by atoms with Crippen molar-refractivity contribution in [3.8, 4) is 5.75 Å². The lowest BCUT2D eigenvalue weighted by atomic mass is 10.2. The Balaban J connectivity index is 1.85. The van der Waals surface area contributed by atoms with Crippen LogP contribution in [0.1, 0.15) is 20.3 Å². The van der Waals surface area contributed by atoms with Crippen LogP contribution in [-0.4, -0.2) is 75.5 Å². The molecule has 0 spiro atoms. The summed E-state index contributed by atoms with van der Waals surface area (Å²) < 4.78 is 32.9. The molecule has 3 N–H and O–H groups in total. The highest BCUT2D eigenvalue weighted by atomic mass is 35.5. The Bertz CT molecular complexity index is 1350. The van der Waals surface area contributed by atoms with Crippen molar-refractivity contribution < 1.29 is 13.2 Å². The number of anilines is 5. The first-order valence-corrected chi connectivity index (χ1v) is 14.5. The molecule has 10 nitrogen and oxygen atoms in total. The summed E-state index contributed by atoms with van der Waals surface area (Å²) in [5.74, 6) is 1.54. The normalized spacial score (nSPS) is 11.7. The van der Waals surface area contributed by atoms with Gasteiger partial charge >= 0.3 is 0 Å². The summed E-state index contributed by atoms with van der Waals surface area (Å²) in [6, 6.07) is 12.4. The summed E-state index contributed by atoms with van der Waals surface area (Å²) in [6.07, 6.45) is 2.47. The second-order valence-corrected chi connectivity index (χ2v) is 12.5. The third-order valence-corrected chi connectivity index (χ3v) is 7.70. The molecule has 0 fully saturated rings. The van der Waals surface area contributed by atoms with Crippen LogP contribution in [0.2, 0.25) is 5.02 Å². The van der Waals surface area contributed by atoms with Crippen LogP contribution in [0.4, 0.5) is 28.8 Å². The van der Waals surface area contributed by atoms with Crippen molar-refractivity contribution >= 4 is 50.5 Å². The van der Waals surface area contributed by atoms with Gasteiger partial charge in [-0.25, -0.2) is 17.7 Å². The van der Waals surface area contributed by atoms with Crippen LogP contribution in [0.3, 0.4) is 0 Å². The lowest BCUT2D eigenvalue weighted by Crippen LogP contribution is -2.23. The first-order valence-electron chi connectivity index (χ1n) is 12.7. The molecule has 0 bridgehead atoms. The molecule has 1 heterocycles. The average Bonchev–Trinajstić information content (AvgIpc) is 2.88. The van der Waals surface area contributed by atoms with Crippen LogP contribution in [0.25, 0.3) is 0 Å². The third-order valence-electron chi connectivity index (χ3n) is 5.55. The average molecular weight is 576 g/mol. The van der Waals surface area contributed by atoms with Gasteiger partial charge in [0, 0.05) is 32.4 Å². The second kappa shape index (κ2) is 13.8. The van der Waals surface area contributed by atoms with Gasteiger partial charge in [-0.3, -0.25) is 0 Å². The highest BCUT2D eigenvalue weighted by Crippen LogP contribution is 2.33. The fourth-order valence-electron chi connectivity index (χ4n) is 3.49. The topological polar surface area (TPSA) is 112 Å². The molecule has 0 amide bonds. The molecular formula is C27H38ClN7O3S. The van der Waals surface area contributed by atoms with E-state index in [2.05, 4.69) is 58.8 Å². The van der Waals surface area contributed by atoms with E-state index in [4.69, 9.17) is 16.3 Å². The summed E-state index contributed by atoms with van der Waals surface area (Å²) in [5.41, 5.74) is 2.00. The molecule has 0 unspecified atom stereocenters. The molecule has 3 aromatic rings. The van der Waals surface area contributed by atoms with Gasteiger partial charge in [0.05, 0.1) is 24.2 Å². The number of hydrogen-bond acceptors (Lipinski definition) is 9. The zero-order valence-corrected chi connectivity index (χ0v) is 24.9. The maximum atomic E-state index is 12.8. The van der Waals surface area contributed by atoms with Gasteiger partial charge in [0.1, 0.15) is 15.7 Å². The van der Waals surface area contributed by atoms with E-state index in [0.29, 0.717) is 29.6 Å². The standard InChI is InChI=1S/C27H38ClN7O3S/c1-19(2)18-38-24-16-20(29-14-9-15-34(3)4)12-13-22(24)32-27-30-17-21(28)26(33-27)31-23-10-7-8-11-25(23)39(36,37)35(5)6/h7-8,10-13,16-17,19,29H,9,14-15,18H2,1-6H3,(H2,30,31,32,33). The molecule has 12 heteroatoms. The van der Waals surface area contributed by atoms with Gasteiger partial charge in [0.2, 0.25) is 16.0 Å². The molecule has 0 aliphatic carbocycles. The van der Waals surface area contributed by atoms with E-state index in [0.717, 1.165) is 29.5 Å². The number of ether oxygens (including phenoxy) is 1. The molecule has 0 atom stereocenters. The minimum absolute atomic E-state index is 0.109. The Hall–Kier alpha value is -3.12. The van der Waals surface area contributed by atoms with E-state index in [1.165, 1.54) is 26.4 Å². The van der Waals surface area contributed by atoms with Gasteiger partial charge in [-0.1, -0.05) is 37.6 Å². The Morgan fingerprint density at radius 1 is 1.03 bits per heavy atom. The van der Waals surface area contributed by atoms with E-state index in [1.807, 2.05) is 18.2 Å². The Morgan fingerprint density at radius 2 is 1.77 bits per heavy atom. The highest BCUT2D eigenvalue weighted by Gasteiger charge is 2.22. The van der Waals surface area contributed by atoms with E-state index in [9.17, 15) is 8.42 Å². The van der Waals surface area contributed by atoms with Crippen molar-refractivity contribution in [2.24, 2.45) is 5.92 Å². The van der Waals surface area contributed by atoms with Crippen molar-refractivity contribution in [2.45, 2.75) is 25.2 Å². The number of nitrogens with one attached hydrogen (secondary N) is 3. The summed E-state index contributed by atoms with van der Waals surface area (Å²) in [6.45, 7) is 6.56. The van der Waals surface area contributed by atoms with Gasteiger partial charge in [-0.15, -0.1) is 0 Å². The number of para-hydroxylation sites is 1. The smallest absolute Gasteiger partial charge is 0.244 e. The molecule has 3 rings (SSSR count). The van der Waals surface area contributed by atoms with Crippen molar-refractivity contribution in [2.75, 3.05) is 63.8 Å². The number of aromatic nitrogens is 2. The van der Waals surface area contributed by atoms with Crippen LogP contribution in [0.5, 0.6) is 5.75 Å². The predicted molar refractivity (Wildman–Crippen MR) is 159 cm³/mol. The van der Waals surface area contributed by atoms with Gasteiger partial charge in [0.25, 0.3) is 0 Å². The molecule has 1 aromatic heterocycles. The van der Waals surface area contributed by atoms with Gasteiger partial charge in [-0.2, -0.15) is 4.98 Å². The fourth-order valence-corrected chi connectivity index (χ4v) is 4.67. The zero-order valence-electron chi connectivity index (χ0n) is 23.3. The number of rotatable bonds is 14. The molecule has 2 aromatic carbocycles. The van der Waals surface area contributed by atoms with Gasteiger partial charge in [0.15, 0.2) is 5.82 Å². The van der Waals surface area contributed by atoms with Gasteiger partial charge in [-0.05, 0) is 57.2 Å². The number of benzene rings is 2. The number of halogens is 1. The van der Waals surface area contributed by atoms with E-state index in [-0.39, 0.29) is 21.7 Å². The van der Waals surface area contributed by atoms with E-state index < -0.39 is 10.0 Å². The highest BCUT2D eigenvalue weighted by molar-refractivity contribution is 7.89. The van der Waals surface area contributed by atoms with Crippen LogP contribution < -0.4 is 20.7 Å². The molecule has 0 saturated heterocycles. The molecule has 0 aliphatic rings. The molecule has 0 radical (unpaired) electrons. The Kier molecular flexibility index (Phi) is 10.8. The van der Waals surface area contributed by atoms with Crippen molar-refractivity contribution in [3.63, 3.8) is 0 Å². The van der Waals surface area contributed by atoms with Crippen LogP contribution >= 0.6 is 11.6 Å². The monoisotopic (exact) mass is 575 g/mol. The molecular weight excluding hydrogens is 538 g/mol. The predicted octanol–water partition coefficient (Wildman–Crippen LogP) is 5.27. The number of nitrogens with zero attached hydrogens (tertiary/aromatic N) is 4. The summed E-state index contributed by atoms with van der Waals surface area (Å²) in [5, 5.41) is 9.95. The SMILES string of the molecule is CC(C)COc1cc(NCCCN(C)C)ccc1Nc1ncc(Cl)c(Nc2ccccc2S(=O)(=O)N(C)C)n1. The molecule has 0 aliphatic heterocycles. The maximum absolute atomic E-state index is 12.8. The summed E-state index contributed by atoms with van der Waals surface area (Å²) in [7, 11) is 3.39. The lowest BCUT2D eigenvalue weighted by Gasteiger charge is -2.18. The summed E-state index contributed by atoms with van der Waals surface area (Å²) >= 11 is 6.38. The van der Waals surface area contributed by atoms with Crippen LogP contribution in [0.15, 0.2) is 53.6 Å². The molecule has 0 saturated carbocycles. The second-order valence-electron chi connectivity index (χ2n) is 9.92. The molecule has 212 valence electrons. The van der Waals surface area contributed by atoms with Crippen LogP contribution in [-0.2, 0) is 10.0 Å². The Labute approximate surface area is 236 Å². The Morgan fingerprint density at radius 3 is 2.46 bits per heavy atom. The first kappa shape index (κ1) is 30.4. The lowest BCUT2D eigenvalue weighted by molar-refractivity contribution is 0.272.